The highest BCUT2D eigenvalue weighted by Crippen LogP contribution is 2.25. The number of anilines is 1. The molecular formula is C13H10F2N2O2. The lowest BCUT2D eigenvalue weighted by atomic mass is 10.2. The van der Waals surface area contributed by atoms with E-state index in [0.717, 1.165) is 18.2 Å². The Bertz CT molecular complexity index is 617. The van der Waals surface area contributed by atoms with Gasteiger partial charge in [0.25, 0.3) is 5.69 Å². The highest BCUT2D eigenvalue weighted by molar-refractivity contribution is 5.61. The van der Waals surface area contributed by atoms with Gasteiger partial charge < -0.3 is 5.32 Å². The first-order valence-corrected chi connectivity index (χ1v) is 5.48. The van der Waals surface area contributed by atoms with Gasteiger partial charge in [-0.3, -0.25) is 10.1 Å². The van der Waals surface area contributed by atoms with Gasteiger partial charge in [-0.25, -0.2) is 8.78 Å². The van der Waals surface area contributed by atoms with Crippen LogP contribution in [0.3, 0.4) is 0 Å². The summed E-state index contributed by atoms with van der Waals surface area (Å²) in [6.07, 6.45) is 0. The maximum atomic E-state index is 13.1. The Labute approximate surface area is 107 Å². The monoisotopic (exact) mass is 264 g/mol. The molecule has 2 rings (SSSR count). The van der Waals surface area contributed by atoms with E-state index in [2.05, 4.69) is 5.32 Å². The molecule has 0 aliphatic heterocycles. The molecule has 0 spiro atoms. The molecule has 0 aromatic heterocycles. The van der Waals surface area contributed by atoms with Gasteiger partial charge in [-0.05, 0) is 23.8 Å². The Morgan fingerprint density at radius 1 is 1.11 bits per heavy atom. The standard InChI is InChI=1S/C13H10F2N2O2/c14-10-3-1-2-9(6-10)8-16-12-7-11(15)4-5-13(12)17(18)19/h1-7,16H,8H2. The smallest absolute Gasteiger partial charge is 0.292 e. The molecule has 0 heterocycles. The lowest BCUT2D eigenvalue weighted by Crippen LogP contribution is -2.03. The summed E-state index contributed by atoms with van der Waals surface area (Å²) in [5.74, 6) is -0.972. The predicted octanol–water partition coefficient (Wildman–Crippen LogP) is 3.49. The van der Waals surface area contributed by atoms with Crippen molar-refractivity contribution in [2.24, 2.45) is 0 Å². The van der Waals surface area contributed by atoms with Crippen molar-refractivity contribution in [3.8, 4) is 0 Å². The second-order valence-corrected chi connectivity index (χ2v) is 3.90. The van der Waals surface area contributed by atoms with Crippen molar-refractivity contribution in [2.45, 2.75) is 6.54 Å². The minimum Gasteiger partial charge on any atom is -0.375 e. The van der Waals surface area contributed by atoms with Crippen molar-refractivity contribution in [3.05, 3.63) is 69.8 Å². The zero-order valence-electron chi connectivity index (χ0n) is 9.77. The van der Waals surface area contributed by atoms with E-state index in [9.17, 15) is 18.9 Å². The number of benzene rings is 2. The maximum absolute atomic E-state index is 13.1. The van der Waals surface area contributed by atoms with Crippen LogP contribution in [0.1, 0.15) is 5.56 Å². The first-order valence-electron chi connectivity index (χ1n) is 5.48. The number of nitrogens with zero attached hydrogens (tertiary/aromatic N) is 1. The van der Waals surface area contributed by atoms with Gasteiger partial charge in [-0.15, -0.1) is 0 Å². The summed E-state index contributed by atoms with van der Waals surface area (Å²) in [7, 11) is 0. The number of hydrogen-bond donors (Lipinski definition) is 1. The molecule has 4 nitrogen and oxygen atoms in total. The van der Waals surface area contributed by atoms with E-state index in [4.69, 9.17) is 0 Å². The van der Waals surface area contributed by atoms with Crippen LogP contribution in [-0.2, 0) is 6.54 Å². The highest BCUT2D eigenvalue weighted by Gasteiger charge is 2.13. The van der Waals surface area contributed by atoms with Crippen LogP contribution >= 0.6 is 0 Å². The fraction of sp³-hybridized carbons (Fsp3) is 0.0769. The second-order valence-electron chi connectivity index (χ2n) is 3.90. The number of nitrogens with one attached hydrogen (secondary N) is 1. The first-order chi connectivity index (χ1) is 9.06. The molecule has 0 unspecified atom stereocenters. The van der Waals surface area contributed by atoms with Crippen LogP contribution in [-0.4, -0.2) is 4.92 Å². The van der Waals surface area contributed by atoms with Crippen molar-refractivity contribution in [1.29, 1.82) is 0 Å². The zero-order valence-corrected chi connectivity index (χ0v) is 9.77. The molecule has 0 amide bonds. The van der Waals surface area contributed by atoms with Crippen LogP contribution in [0.4, 0.5) is 20.2 Å². The van der Waals surface area contributed by atoms with Gasteiger partial charge in [0.2, 0.25) is 0 Å². The van der Waals surface area contributed by atoms with Gasteiger partial charge in [0.05, 0.1) is 4.92 Å². The van der Waals surface area contributed by atoms with Crippen LogP contribution in [0.5, 0.6) is 0 Å². The molecular weight excluding hydrogens is 254 g/mol. The quantitative estimate of drug-likeness (QED) is 0.679. The summed E-state index contributed by atoms with van der Waals surface area (Å²) in [6.45, 7) is 0.169. The maximum Gasteiger partial charge on any atom is 0.292 e. The SMILES string of the molecule is O=[N+]([O-])c1ccc(F)cc1NCc1cccc(F)c1. The molecule has 2 aromatic rings. The van der Waals surface area contributed by atoms with E-state index in [1.54, 1.807) is 6.07 Å². The van der Waals surface area contributed by atoms with E-state index in [-0.39, 0.29) is 17.9 Å². The summed E-state index contributed by atoms with van der Waals surface area (Å²) < 4.78 is 26.0. The molecule has 19 heavy (non-hydrogen) atoms. The van der Waals surface area contributed by atoms with Gasteiger partial charge in [-0.2, -0.15) is 0 Å². The van der Waals surface area contributed by atoms with E-state index < -0.39 is 16.6 Å². The van der Waals surface area contributed by atoms with Crippen molar-refractivity contribution in [1.82, 2.24) is 0 Å². The van der Waals surface area contributed by atoms with E-state index >= 15 is 0 Å². The molecule has 0 aliphatic rings. The molecule has 0 saturated heterocycles. The molecule has 1 N–H and O–H groups in total. The van der Waals surface area contributed by atoms with Crippen LogP contribution in [0, 0.1) is 21.7 Å². The van der Waals surface area contributed by atoms with Crippen LogP contribution in [0.15, 0.2) is 42.5 Å². The minimum atomic E-state index is -0.604. The first kappa shape index (κ1) is 12.9. The van der Waals surface area contributed by atoms with Crippen molar-refractivity contribution < 1.29 is 13.7 Å². The molecule has 6 heteroatoms. The fourth-order valence-corrected chi connectivity index (χ4v) is 1.65. The van der Waals surface area contributed by atoms with Gasteiger partial charge in [-0.1, -0.05) is 12.1 Å². The third-order valence-electron chi connectivity index (χ3n) is 2.53. The lowest BCUT2D eigenvalue weighted by molar-refractivity contribution is -0.384. The van der Waals surface area contributed by atoms with Gasteiger partial charge >= 0.3 is 0 Å². The van der Waals surface area contributed by atoms with Crippen molar-refractivity contribution >= 4 is 11.4 Å². The van der Waals surface area contributed by atoms with E-state index in [1.165, 1.54) is 18.2 Å². The summed E-state index contributed by atoms with van der Waals surface area (Å²) in [5, 5.41) is 13.5. The summed E-state index contributed by atoms with van der Waals surface area (Å²) >= 11 is 0. The Hall–Kier alpha value is -2.50. The summed E-state index contributed by atoms with van der Waals surface area (Å²) in [4.78, 5) is 10.2. The number of rotatable bonds is 4. The Morgan fingerprint density at radius 3 is 2.53 bits per heavy atom. The number of hydrogen-bond acceptors (Lipinski definition) is 3. The minimum absolute atomic E-state index is 0.0641. The van der Waals surface area contributed by atoms with Crippen LogP contribution in [0.2, 0.25) is 0 Å². The van der Waals surface area contributed by atoms with Gasteiger partial charge in [0.15, 0.2) is 0 Å². The molecule has 0 radical (unpaired) electrons. The third-order valence-corrected chi connectivity index (χ3v) is 2.53. The Balaban J connectivity index is 2.19. The van der Waals surface area contributed by atoms with Crippen molar-refractivity contribution in [2.75, 3.05) is 5.32 Å². The van der Waals surface area contributed by atoms with Gasteiger partial charge in [0, 0.05) is 18.7 Å². The number of nitro benzene ring substituents is 1. The third kappa shape index (κ3) is 3.25. The van der Waals surface area contributed by atoms with Crippen molar-refractivity contribution in [3.63, 3.8) is 0 Å². The number of halogens is 2. The summed E-state index contributed by atoms with van der Waals surface area (Å²) in [5.41, 5.74) is 0.450. The van der Waals surface area contributed by atoms with Crippen LogP contribution in [0.25, 0.3) is 0 Å². The second kappa shape index (κ2) is 5.43. The number of nitro groups is 1. The molecule has 0 aliphatic carbocycles. The molecule has 0 atom stereocenters. The summed E-state index contributed by atoms with van der Waals surface area (Å²) in [6, 6.07) is 8.95. The molecule has 0 saturated carbocycles. The average molecular weight is 264 g/mol. The Kier molecular flexibility index (Phi) is 3.70. The molecule has 98 valence electrons. The zero-order chi connectivity index (χ0) is 13.8. The predicted molar refractivity (Wildman–Crippen MR) is 66.8 cm³/mol. The largest absolute Gasteiger partial charge is 0.375 e. The van der Waals surface area contributed by atoms with Gasteiger partial charge in [0.1, 0.15) is 17.3 Å². The van der Waals surface area contributed by atoms with Crippen LogP contribution < -0.4 is 5.32 Å². The molecule has 2 aromatic carbocycles. The van der Waals surface area contributed by atoms with E-state index in [0.29, 0.717) is 5.56 Å². The molecule has 0 fully saturated rings. The lowest BCUT2D eigenvalue weighted by Gasteiger charge is -2.07. The van der Waals surface area contributed by atoms with E-state index in [1.807, 2.05) is 0 Å². The Morgan fingerprint density at radius 2 is 1.84 bits per heavy atom. The highest BCUT2D eigenvalue weighted by atomic mass is 19.1. The molecule has 0 bridgehead atoms. The fourth-order valence-electron chi connectivity index (χ4n) is 1.65. The topological polar surface area (TPSA) is 55.2 Å². The average Bonchev–Trinajstić information content (AvgIpc) is 2.36. The normalized spacial score (nSPS) is 10.2.